The van der Waals surface area contributed by atoms with Crippen LogP contribution in [-0.2, 0) is 11.2 Å². The Labute approximate surface area is 84.3 Å². The topological polar surface area (TPSA) is 29.1 Å². The number of anilines is 1. The Kier molecular flexibility index (Phi) is 2.53. The number of benzene rings is 1. The second-order valence-electron chi connectivity index (χ2n) is 3.82. The van der Waals surface area contributed by atoms with Gasteiger partial charge in [-0.25, -0.2) is 0 Å². The van der Waals surface area contributed by atoms with Gasteiger partial charge in [-0.05, 0) is 37.0 Å². The lowest BCUT2D eigenvalue weighted by molar-refractivity contribution is -0.117. The molecule has 2 heteroatoms. The average molecular weight is 189 g/mol. The van der Waals surface area contributed by atoms with Gasteiger partial charge >= 0.3 is 0 Å². The molecule has 1 saturated carbocycles. The molecule has 1 aromatic rings. The first kappa shape index (κ1) is 9.25. The van der Waals surface area contributed by atoms with Crippen molar-refractivity contribution in [3.8, 4) is 0 Å². The molecule has 0 aromatic heterocycles. The van der Waals surface area contributed by atoms with E-state index in [-0.39, 0.29) is 11.8 Å². The van der Waals surface area contributed by atoms with Gasteiger partial charge in [0.05, 0.1) is 0 Å². The minimum Gasteiger partial charge on any atom is -0.326 e. The van der Waals surface area contributed by atoms with Gasteiger partial charge in [-0.1, -0.05) is 19.1 Å². The SMILES string of the molecule is CCc1cccc(NC(=O)C2CC2)c1. The summed E-state index contributed by atoms with van der Waals surface area (Å²) >= 11 is 0. The maximum absolute atomic E-state index is 11.5. The van der Waals surface area contributed by atoms with Gasteiger partial charge in [0.25, 0.3) is 0 Å². The van der Waals surface area contributed by atoms with Gasteiger partial charge in [-0.2, -0.15) is 0 Å². The zero-order valence-electron chi connectivity index (χ0n) is 8.42. The highest BCUT2D eigenvalue weighted by Crippen LogP contribution is 2.30. The Morgan fingerprint density at radius 3 is 2.93 bits per heavy atom. The summed E-state index contributed by atoms with van der Waals surface area (Å²) in [7, 11) is 0. The standard InChI is InChI=1S/C12H15NO/c1-2-9-4-3-5-11(8-9)13-12(14)10-6-7-10/h3-5,8,10H,2,6-7H2,1H3,(H,13,14). The zero-order chi connectivity index (χ0) is 9.97. The van der Waals surface area contributed by atoms with Crippen LogP contribution in [0.25, 0.3) is 0 Å². The Balaban J connectivity index is 2.04. The third kappa shape index (κ3) is 2.13. The molecule has 0 atom stereocenters. The van der Waals surface area contributed by atoms with Crippen molar-refractivity contribution < 1.29 is 4.79 Å². The van der Waals surface area contributed by atoms with Crippen molar-refractivity contribution in [2.45, 2.75) is 26.2 Å². The van der Waals surface area contributed by atoms with Crippen molar-refractivity contribution in [3.05, 3.63) is 29.8 Å². The highest BCUT2D eigenvalue weighted by molar-refractivity contribution is 5.94. The molecule has 2 nitrogen and oxygen atoms in total. The summed E-state index contributed by atoms with van der Waals surface area (Å²) in [5.41, 5.74) is 2.19. The van der Waals surface area contributed by atoms with E-state index >= 15 is 0 Å². The van der Waals surface area contributed by atoms with Crippen molar-refractivity contribution in [2.24, 2.45) is 5.92 Å². The molecule has 0 radical (unpaired) electrons. The molecule has 0 spiro atoms. The molecule has 0 aliphatic heterocycles. The fraction of sp³-hybridized carbons (Fsp3) is 0.417. The molecule has 0 bridgehead atoms. The first-order valence-electron chi connectivity index (χ1n) is 5.19. The van der Waals surface area contributed by atoms with Crippen LogP contribution in [0, 0.1) is 5.92 Å². The van der Waals surface area contributed by atoms with Gasteiger partial charge in [-0.3, -0.25) is 4.79 Å². The summed E-state index contributed by atoms with van der Waals surface area (Å²) in [5.74, 6) is 0.457. The number of amides is 1. The van der Waals surface area contributed by atoms with Crippen molar-refractivity contribution in [1.82, 2.24) is 0 Å². The number of hydrogen-bond donors (Lipinski definition) is 1. The van der Waals surface area contributed by atoms with Crippen molar-refractivity contribution >= 4 is 11.6 Å². The predicted octanol–water partition coefficient (Wildman–Crippen LogP) is 2.60. The van der Waals surface area contributed by atoms with Gasteiger partial charge in [0.1, 0.15) is 0 Å². The molecule has 14 heavy (non-hydrogen) atoms. The van der Waals surface area contributed by atoms with Crippen LogP contribution in [-0.4, -0.2) is 5.91 Å². The van der Waals surface area contributed by atoms with Crippen molar-refractivity contribution in [2.75, 3.05) is 5.32 Å². The predicted molar refractivity (Wildman–Crippen MR) is 57.2 cm³/mol. The van der Waals surface area contributed by atoms with Gasteiger partial charge in [-0.15, -0.1) is 0 Å². The van der Waals surface area contributed by atoms with E-state index < -0.39 is 0 Å². The number of hydrogen-bond acceptors (Lipinski definition) is 1. The van der Waals surface area contributed by atoms with Crippen molar-refractivity contribution in [1.29, 1.82) is 0 Å². The first-order valence-corrected chi connectivity index (χ1v) is 5.19. The van der Waals surface area contributed by atoms with Crippen LogP contribution in [0.15, 0.2) is 24.3 Å². The molecule has 0 saturated heterocycles. The largest absolute Gasteiger partial charge is 0.326 e. The second kappa shape index (κ2) is 3.82. The van der Waals surface area contributed by atoms with Gasteiger partial charge < -0.3 is 5.32 Å². The molecule has 1 N–H and O–H groups in total. The van der Waals surface area contributed by atoms with E-state index in [0.717, 1.165) is 24.9 Å². The minimum atomic E-state index is 0.179. The van der Waals surface area contributed by atoms with E-state index in [1.165, 1.54) is 5.56 Å². The Hall–Kier alpha value is -1.31. The van der Waals surface area contributed by atoms with Gasteiger partial charge in [0, 0.05) is 11.6 Å². The molecule has 74 valence electrons. The summed E-state index contributed by atoms with van der Waals surface area (Å²) in [6, 6.07) is 8.05. The maximum Gasteiger partial charge on any atom is 0.227 e. The summed E-state index contributed by atoms with van der Waals surface area (Å²) < 4.78 is 0. The molecule has 2 rings (SSSR count). The Morgan fingerprint density at radius 1 is 1.50 bits per heavy atom. The third-order valence-electron chi connectivity index (χ3n) is 2.55. The molecule has 1 aliphatic carbocycles. The number of rotatable bonds is 3. The normalized spacial score (nSPS) is 15.2. The third-order valence-corrected chi connectivity index (χ3v) is 2.55. The van der Waals surface area contributed by atoms with E-state index in [1.807, 2.05) is 18.2 Å². The maximum atomic E-state index is 11.5. The molecule has 1 aromatic carbocycles. The molecular weight excluding hydrogens is 174 g/mol. The van der Waals surface area contributed by atoms with E-state index in [1.54, 1.807) is 0 Å². The highest BCUT2D eigenvalue weighted by atomic mass is 16.2. The molecule has 0 heterocycles. The van der Waals surface area contributed by atoms with E-state index in [2.05, 4.69) is 18.3 Å². The number of carbonyl (C=O) groups excluding carboxylic acids is 1. The minimum absolute atomic E-state index is 0.179. The van der Waals surface area contributed by atoms with E-state index in [0.29, 0.717) is 0 Å². The molecule has 1 aliphatic rings. The van der Waals surface area contributed by atoms with Crippen molar-refractivity contribution in [3.63, 3.8) is 0 Å². The second-order valence-corrected chi connectivity index (χ2v) is 3.82. The summed E-state index contributed by atoms with van der Waals surface area (Å²) in [6.45, 7) is 2.11. The fourth-order valence-corrected chi connectivity index (χ4v) is 1.46. The van der Waals surface area contributed by atoms with Crippen LogP contribution >= 0.6 is 0 Å². The van der Waals surface area contributed by atoms with Crippen LogP contribution in [0.5, 0.6) is 0 Å². The van der Waals surface area contributed by atoms with Crippen LogP contribution < -0.4 is 5.32 Å². The molecule has 1 fully saturated rings. The zero-order valence-corrected chi connectivity index (χ0v) is 8.42. The summed E-state index contributed by atoms with van der Waals surface area (Å²) in [5, 5.41) is 2.94. The summed E-state index contributed by atoms with van der Waals surface area (Å²) in [6.07, 6.45) is 3.12. The first-order chi connectivity index (χ1) is 6.79. The van der Waals surface area contributed by atoms with Crippen LogP contribution in [0.3, 0.4) is 0 Å². The quantitative estimate of drug-likeness (QED) is 0.778. The molecule has 1 amide bonds. The van der Waals surface area contributed by atoms with Gasteiger partial charge in [0.15, 0.2) is 0 Å². The Morgan fingerprint density at radius 2 is 2.29 bits per heavy atom. The number of carbonyl (C=O) groups is 1. The highest BCUT2D eigenvalue weighted by Gasteiger charge is 2.29. The van der Waals surface area contributed by atoms with Gasteiger partial charge in [0.2, 0.25) is 5.91 Å². The van der Waals surface area contributed by atoms with E-state index in [4.69, 9.17) is 0 Å². The smallest absolute Gasteiger partial charge is 0.227 e. The summed E-state index contributed by atoms with van der Waals surface area (Å²) in [4.78, 5) is 11.5. The lowest BCUT2D eigenvalue weighted by atomic mass is 10.1. The molecular formula is C12H15NO. The van der Waals surface area contributed by atoms with E-state index in [9.17, 15) is 4.79 Å². The average Bonchev–Trinajstić information content (AvgIpc) is 3.01. The Bertz CT molecular complexity index is 342. The van der Waals surface area contributed by atoms with Crippen LogP contribution in [0.1, 0.15) is 25.3 Å². The number of nitrogens with one attached hydrogen (secondary N) is 1. The number of aryl methyl sites for hydroxylation is 1. The van der Waals surface area contributed by atoms with Crippen LogP contribution in [0.2, 0.25) is 0 Å². The fourth-order valence-electron chi connectivity index (χ4n) is 1.46. The monoisotopic (exact) mass is 189 g/mol. The molecule has 0 unspecified atom stereocenters. The lowest BCUT2D eigenvalue weighted by Crippen LogP contribution is -2.13. The van der Waals surface area contributed by atoms with Crippen LogP contribution in [0.4, 0.5) is 5.69 Å². The lowest BCUT2D eigenvalue weighted by Gasteiger charge is -2.05.